The van der Waals surface area contributed by atoms with Gasteiger partial charge in [0.25, 0.3) is 0 Å². The number of hydrogen-bond acceptors (Lipinski definition) is 5. The van der Waals surface area contributed by atoms with E-state index >= 15 is 0 Å². The molecule has 0 aliphatic rings. The lowest BCUT2D eigenvalue weighted by Crippen LogP contribution is -2.28. The van der Waals surface area contributed by atoms with Crippen LogP contribution in [0.5, 0.6) is 0 Å². The molecule has 8 heteroatoms. The second kappa shape index (κ2) is 20.5. The lowest BCUT2D eigenvalue weighted by molar-refractivity contribution is 1.04. The van der Waals surface area contributed by atoms with Gasteiger partial charge in [-0.1, -0.05) is 169 Å². The van der Waals surface area contributed by atoms with Crippen LogP contribution >= 0.6 is 11.3 Å². The molecule has 0 aliphatic heterocycles. The van der Waals surface area contributed by atoms with Gasteiger partial charge in [0.05, 0.1) is 10.9 Å². The minimum atomic E-state index is 0.131. The number of hydrogen-bond donors (Lipinski definition) is 1. The maximum absolute atomic E-state index is 8.94. The second-order valence-electron chi connectivity index (χ2n) is 16.6. The molecule has 70 heavy (non-hydrogen) atoms. The van der Waals surface area contributed by atoms with Crippen LogP contribution in [0.4, 0.5) is 0 Å². The van der Waals surface area contributed by atoms with Crippen LogP contribution in [0.1, 0.15) is 29.4 Å². The number of fused-ring (bicyclic) bond motifs is 4. The molecule has 0 unspecified atom stereocenters. The Bertz CT molecular complexity index is 3800. The van der Waals surface area contributed by atoms with Gasteiger partial charge in [0, 0.05) is 58.7 Å². The summed E-state index contributed by atoms with van der Waals surface area (Å²) < 4.78 is 4.62. The average Bonchev–Trinajstić information content (AvgIpc) is 3.94. The Kier molecular flexibility index (Phi) is 13.1. The molecule has 0 amide bonds. The van der Waals surface area contributed by atoms with Crippen molar-refractivity contribution < 1.29 is 0 Å². The normalized spacial score (nSPS) is 12.2. The van der Waals surface area contributed by atoms with Gasteiger partial charge in [-0.15, -0.1) is 11.3 Å². The number of benzene rings is 8. The van der Waals surface area contributed by atoms with Crippen LogP contribution in [0.15, 0.2) is 228 Å². The van der Waals surface area contributed by atoms with E-state index < -0.39 is 0 Å². The van der Waals surface area contributed by atoms with Gasteiger partial charge in [-0.25, -0.2) is 24.9 Å². The topological polar surface area (TPSA) is 92.2 Å². The molecule has 0 atom stereocenters. The summed E-state index contributed by atoms with van der Waals surface area (Å²) in [4.78, 5) is 23.8. The molecule has 336 valence electrons. The summed E-state index contributed by atoms with van der Waals surface area (Å²) in [6, 6.07) is 69.9. The van der Waals surface area contributed by atoms with E-state index in [0.29, 0.717) is 28.9 Å². The van der Waals surface area contributed by atoms with E-state index in [4.69, 9.17) is 20.4 Å². The highest BCUT2D eigenvalue weighted by atomic mass is 32.1. The number of aromatic nitrogens is 4. The lowest BCUT2D eigenvalue weighted by Gasteiger charge is -2.08. The molecule has 0 radical (unpaired) electrons. The summed E-state index contributed by atoms with van der Waals surface area (Å²) in [5, 5.41) is 14.2. The third-order valence-corrected chi connectivity index (χ3v) is 13.1. The van der Waals surface area contributed by atoms with Gasteiger partial charge >= 0.3 is 0 Å². The number of allylic oxidation sites excluding steroid dienone is 2. The zero-order valence-corrected chi connectivity index (χ0v) is 39.6. The van der Waals surface area contributed by atoms with Crippen LogP contribution < -0.4 is 10.6 Å². The number of aryl methyl sites for hydroxylation is 1. The van der Waals surface area contributed by atoms with Crippen molar-refractivity contribution in [1.82, 2.24) is 19.5 Å². The van der Waals surface area contributed by atoms with Crippen molar-refractivity contribution >= 4 is 73.0 Å². The molecule has 8 aromatic carbocycles. The van der Waals surface area contributed by atoms with Crippen LogP contribution in [0.25, 0.3) is 82.8 Å². The highest BCUT2D eigenvalue weighted by Gasteiger charge is 2.16. The fourth-order valence-corrected chi connectivity index (χ4v) is 9.55. The minimum absolute atomic E-state index is 0.131. The number of nitrogens with zero attached hydrogens (tertiary/aromatic N) is 6. The van der Waals surface area contributed by atoms with Crippen LogP contribution in [-0.4, -0.2) is 37.9 Å². The Hall–Kier alpha value is -8.98. The Labute approximate surface area is 410 Å². The zero-order chi connectivity index (χ0) is 47.8. The molecule has 0 spiro atoms. The van der Waals surface area contributed by atoms with Crippen molar-refractivity contribution in [3.05, 3.63) is 251 Å². The van der Waals surface area contributed by atoms with E-state index in [2.05, 4.69) is 131 Å². The number of thiophene rings is 1. The Morgan fingerprint density at radius 1 is 0.571 bits per heavy atom. The average molecular weight is 922 g/mol. The summed E-state index contributed by atoms with van der Waals surface area (Å²) >= 11 is 1.74. The monoisotopic (exact) mass is 921 g/mol. The number of amidine groups is 2. The quantitative estimate of drug-likeness (QED) is 0.122. The minimum Gasteiger partial charge on any atom is -0.309 e. The summed E-state index contributed by atoms with van der Waals surface area (Å²) in [6.07, 6.45) is 8.38. The molecular weight excluding hydrogens is 875 g/mol. The largest absolute Gasteiger partial charge is 0.309 e. The number of rotatable bonds is 8. The molecule has 7 nitrogen and oxygen atoms in total. The smallest absolute Gasteiger partial charge is 0.164 e. The van der Waals surface area contributed by atoms with Crippen molar-refractivity contribution in [2.45, 2.75) is 13.8 Å². The van der Waals surface area contributed by atoms with Crippen LogP contribution in [0.2, 0.25) is 0 Å². The third kappa shape index (κ3) is 9.58. The predicted octanol–water partition coefficient (Wildman–Crippen LogP) is 13.8. The summed E-state index contributed by atoms with van der Waals surface area (Å²) in [7, 11) is 0. The van der Waals surface area contributed by atoms with Gasteiger partial charge in [0.15, 0.2) is 29.1 Å². The molecule has 1 N–H and O–H groups in total. The summed E-state index contributed by atoms with van der Waals surface area (Å²) in [5.41, 5.74) is 8.94. The fraction of sp³-hybridized carbons (Fsp3) is 0.0323. The highest BCUT2D eigenvalue weighted by Crippen LogP contribution is 2.37. The van der Waals surface area contributed by atoms with Crippen molar-refractivity contribution in [2.24, 2.45) is 9.98 Å². The predicted molar refractivity (Wildman–Crippen MR) is 295 cm³/mol. The third-order valence-electron chi connectivity index (χ3n) is 11.9. The highest BCUT2D eigenvalue weighted by molar-refractivity contribution is 7.25. The van der Waals surface area contributed by atoms with Crippen molar-refractivity contribution in [2.75, 3.05) is 0 Å². The van der Waals surface area contributed by atoms with Gasteiger partial charge in [-0.3, -0.25) is 5.41 Å². The van der Waals surface area contributed by atoms with E-state index in [-0.39, 0.29) is 5.84 Å². The Balaban J connectivity index is 0.000000747. The van der Waals surface area contributed by atoms with E-state index in [1.54, 1.807) is 11.3 Å². The standard InChI is InChI=1S/C55H39N7S.C7H8/c1-3-4-25-47-44(35-51-58-54(37-19-11-6-12-20-37)61-55(59-51)38-21-13-7-14-22-38)43-32-39(26-29-48(43)62(47)42-23-15-8-16-24-42)40-27-30-49-45(33-40)46-34-41(28-31-50(46)63-49)52(56)60-53(57-2)36-17-9-5-10-18-36;1-7-5-3-2-4-6-7/h3-35,56H,2H2,1H3;2-6H,1H3/b4-3-,44-35?,47-25+,56-52?,60-53?;. The SMILES string of the molecule is C=NC(=NC(=N)c1ccc2sc3ccc(-c4ccc5c(c4)c(=Cc4nc(-c6ccccc6)nc(-c6ccccc6)n4)/c(=C\C=C/C)n5-c4ccccc4)cc3c2c1)c1ccccc1.Cc1ccccc1. The molecule has 3 aromatic heterocycles. The van der Waals surface area contributed by atoms with Crippen LogP contribution in [0.3, 0.4) is 0 Å². The van der Waals surface area contributed by atoms with Crippen LogP contribution in [-0.2, 0) is 0 Å². The van der Waals surface area contributed by atoms with Gasteiger partial charge in [-0.05, 0) is 98.4 Å². The fourth-order valence-electron chi connectivity index (χ4n) is 8.48. The molecule has 0 saturated heterocycles. The van der Waals surface area contributed by atoms with E-state index in [9.17, 15) is 0 Å². The first-order chi connectivity index (χ1) is 34.4. The van der Waals surface area contributed by atoms with Gasteiger partial charge < -0.3 is 4.57 Å². The van der Waals surface area contributed by atoms with Crippen molar-refractivity contribution in [3.8, 4) is 39.6 Å². The molecule has 3 heterocycles. The van der Waals surface area contributed by atoms with Gasteiger partial charge in [-0.2, -0.15) is 0 Å². The molecule has 11 aromatic rings. The maximum atomic E-state index is 8.94. The van der Waals surface area contributed by atoms with Crippen molar-refractivity contribution in [3.63, 3.8) is 0 Å². The van der Waals surface area contributed by atoms with Gasteiger partial charge in [0.2, 0.25) is 0 Å². The van der Waals surface area contributed by atoms with Crippen molar-refractivity contribution in [1.29, 1.82) is 5.41 Å². The molecule has 0 fully saturated rings. The van der Waals surface area contributed by atoms with Crippen LogP contribution in [0, 0.1) is 12.3 Å². The second-order valence-corrected chi connectivity index (χ2v) is 17.7. The van der Waals surface area contributed by atoms with E-state index in [1.807, 2.05) is 134 Å². The lowest BCUT2D eigenvalue weighted by atomic mass is 10.0. The van der Waals surface area contributed by atoms with Gasteiger partial charge in [0.1, 0.15) is 0 Å². The molecule has 0 aliphatic carbocycles. The first-order valence-electron chi connectivity index (χ1n) is 23.0. The first kappa shape index (κ1) is 44.8. The molecule has 0 bridgehead atoms. The molecule has 11 rings (SSSR count). The zero-order valence-electron chi connectivity index (χ0n) is 38.7. The number of nitrogens with one attached hydrogen (secondary N) is 1. The summed E-state index contributed by atoms with van der Waals surface area (Å²) in [5.74, 6) is 2.33. The Morgan fingerprint density at radius 3 is 1.70 bits per heavy atom. The molecular formula is C62H47N7S. The summed E-state index contributed by atoms with van der Waals surface area (Å²) in [6.45, 7) is 7.83. The van der Waals surface area contributed by atoms with E-state index in [1.165, 1.54) is 10.3 Å². The van der Waals surface area contributed by atoms with E-state index in [0.717, 1.165) is 70.4 Å². The first-order valence-corrected chi connectivity index (χ1v) is 23.9. The number of aliphatic imine (C=N–C) groups is 2. The molecule has 0 saturated carbocycles. The number of para-hydroxylation sites is 1. The Morgan fingerprint density at radius 2 is 1.11 bits per heavy atom. The maximum Gasteiger partial charge on any atom is 0.164 e.